The average Bonchev–Trinajstić information content (AvgIpc) is 3.15. The van der Waals surface area contributed by atoms with Gasteiger partial charge in [-0.1, -0.05) is 0 Å². The third kappa shape index (κ3) is 6.13. The standard InChI is InChI=1S/C9BBr9N6.C2H3N.Cu/c11-1-4(14)20-23(7(1)17)10(24-8(18)2(12)5(15)21-24)25-9(19)3(13)6(16)22-25;1-2-3;/h;1H3;/q-1;;+1. The summed E-state index contributed by atoms with van der Waals surface area (Å²) in [5, 5.41) is 20.9. The van der Waals surface area contributed by atoms with Crippen molar-refractivity contribution in [3.63, 3.8) is 0 Å². The number of nitriles is 1. The van der Waals surface area contributed by atoms with Crippen LogP contribution in [0.5, 0.6) is 0 Å². The van der Waals surface area contributed by atoms with Crippen molar-refractivity contribution in [3.05, 3.63) is 41.0 Å². The molecule has 0 fully saturated rings. The van der Waals surface area contributed by atoms with E-state index in [-0.39, 0.29) is 17.1 Å². The molecule has 159 valence electrons. The van der Waals surface area contributed by atoms with E-state index in [2.05, 4.69) is 159 Å². The van der Waals surface area contributed by atoms with Crippen molar-refractivity contribution in [2.24, 2.45) is 0 Å². The number of hydrogen-bond acceptors (Lipinski definition) is 4. The average molecular weight is 1030 g/mol. The Morgan fingerprint density at radius 2 is 0.862 bits per heavy atom. The maximum absolute atomic E-state index is 7.32. The molecule has 0 saturated carbocycles. The van der Waals surface area contributed by atoms with Gasteiger partial charge in [0.05, 0.1) is 33.3 Å². The van der Waals surface area contributed by atoms with Gasteiger partial charge in [0.2, 0.25) is 0 Å². The molecule has 0 unspecified atom stereocenters. The molecular weight excluding hydrogens is 1020 g/mol. The molecule has 3 aromatic rings. The van der Waals surface area contributed by atoms with Crippen molar-refractivity contribution in [2.75, 3.05) is 0 Å². The Labute approximate surface area is 252 Å². The molecule has 0 aliphatic carbocycles. The molecule has 29 heavy (non-hydrogen) atoms. The zero-order chi connectivity index (χ0) is 21.3. The Balaban J connectivity index is 0.000000990. The van der Waals surface area contributed by atoms with Gasteiger partial charge in [0.1, 0.15) is 13.8 Å². The number of aromatic nitrogens is 6. The Morgan fingerprint density at radius 3 is 1.00 bits per heavy atom. The molecule has 7 nitrogen and oxygen atoms in total. The molecule has 0 aromatic carbocycles. The summed E-state index contributed by atoms with van der Waals surface area (Å²) in [6.07, 6.45) is 0. The van der Waals surface area contributed by atoms with Crippen LogP contribution in [0.15, 0.2) is 41.0 Å². The summed E-state index contributed by atoms with van der Waals surface area (Å²) in [4.78, 5) is 0. The van der Waals surface area contributed by atoms with Crippen molar-refractivity contribution >= 4 is 150 Å². The monoisotopic (exact) mass is 1020 g/mol. The first-order chi connectivity index (χ1) is 13.1. The van der Waals surface area contributed by atoms with E-state index in [1.165, 1.54) is 6.92 Å². The van der Waals surface area contributed by atoms with Gasteiger partial charge in [0.15, 0.2) is 0 Å². The maximum atomic E-state index is 7.32. The summed E-state index contributed by atoms with van der Waals surface area (Å²) in [6.45, 7) is 1.43. The molecular formula is C11H3BBr9CuN7. The van der Waals surface area contributed by atoms with Gasteiger partial charge in [-0.25, -0.2) is 15.3 Å². The number of hydrogen-bond donors (Lipinski definition) is 0. The first kappa shape index (κ1) is 29.1. The van der Waals surface area contributed by atoms with E-state index in [0.717, 1.165) is 13.4 Å². The minimum atomic E-state index is -0.564. The van der Waals surface area contributed by atoms with E-state index in [1.807, 2.05) is 0 Å². The van der Waals surface area contributed by atoms with Gasteiger partial charge in [-0.15, -0.1) is 0 Å². The summed E-state index contributed by atoms with van der Waals surface area (Å²) in [5.74, 6) is 0. The molecule has 0 N–H and O–H groups in total. The van der Waals surface area contributed by atoms with Crippen molar-refractivity contribution in [1.29, 1.82) is 5.26 Å². The number of nitrogens with zero attached hydrogens (tertiary/aromatic N) is 7. The molecule has 0 atom stereocenters. The predicted octanol–water partition coefficient (Wildman–Crippen LogP) is 7.60. The zero-order valence-corrected chi connectivity index (χ0v) is 28.6. The predicted molar refractivity (Wildman–Crippen MR) is 139 cm³/mol. The fourth-order valence-corrected chi connectivity index (χ4v) is 5.88. The van der Waals surface area contributed by atoms with E-state index in [1.54, 1.807) is 19.8 Å². The first-order valence-corrected chi connectivity index (χ1v) is 13.8. The summed E-state index contributed by atoms with van der Waals surface area (Å²) in [5.41, 5.74) is 0. The zero-order valence-electron chi connectivity index (χ0n) is 13.4. The van der Waals surface area contributed by atoms with Crippen LogP contribution < -0.4 is 0 Å². The quantitative estimate of drug-likeness (QED) is 0.254. The van der Waals surface area contributed by atoms with Crippen molar-refractivity contribution < 1.29 is 17.1 Å². The topological polar surface area (TPSA) is 77.2 Å². The first-order valence-electron chi connectivity index (χ1n) is 6.64. The van der Waals surface area contributed by atoms with Crippen LogP contribution in [0.4, 0.5) is 0 Å². The van der Waals surface area contributed by atoms with E-state index in [4.69, 9.17) is 5.26 Å². The fraction of sp³-hybridized carbons (Fsp3) is 0.0909. The van der Waals surface area contributed by atoms with E-state index in [0.29, 0.717) is 27.6 Å². The van der Waals surface area contributed by atoms with Gasteiger partial charge in [-0.3, -0.25) is 0 Å². The summed E-state index contributed by atoms with van der Waals surface area (Å²) in [6, 6.07) is 1.75. The van der Waals surface area contributed by atoms with Crippen LogP contribution in [0.3, 0.4) is 0 Å². The van der Waals surface area contributed by atoms with E-state index in [9.17, 15) is 0 Å². The van der Waals surface area contributed by atoms with Crippen LogP contribution >= 0.6 is 143 Å². The van der Waals surface area contributed by atoms with Gasteiger partial charge in [-0.05, 0) is 143 Å². The van der Waals surface area contributed by atoms with Crippen molar-refractivity contribution in [3.8, 4) is 6.07 Å². The molecule has 0 amide bonds. The minimum absolute atomic E-state index is 0. The van der Waals surface area contributed by atoms with Gasteiger partial charge in [-0.2, -0.15) is 5.26 Å². The van der Waals surface area contributed by atoms with Gasteiger partial charge in [0, 0.05) is 6.92 Å². The van der Waals surface area contributed by atoms with Crippen LogP contribution in [-0.2, 0) is 17.1 Å². The summed E-state index contributed by atoms with van der Waals surface area (Å²) < 4.78 is 11.6. The molecule has 0 saturated heterocycles. The Morgan fingerprint density at radius 1 is 0.655 bits per heavy atom. The summed E-state index contributed by atoms with van der Waals surface area (Å²) >= 11 is 31.4. The van der Waals surface area contributed by atoms with Crippen LogP contribution in [0, 0.1) is 11.3 Å². The summed E-state index contributed by atoms with van der Waals surface area (Å²) in [7, 11) is -0.564. The Kier molecular flexibility index (Phi) is 12.5. The maximum Gasteiger partial charge on any atom is 1.00 e. The Hall–Kier alpha value is 2.02. The van der Waals surface area contributed by atoms with Gasteiger partial charge < -0.3 is 13.8 Å². The molecule has 18 heteroatoms. The molecule has 0 spiro atoms. The second-order valence-corrected chi connectivity index (χ2v) is 11.5. The third-order valence-corrected chi connectivity index (χ3v) is 12.3. The second kappa shape index (κ2) is 12.5. The third-order valence-electron chi connectivity index (χ3n) is 2.93. The van der Waals surface area contributed by atoms with Crippen LogP contribution in [0.1, 0.15) is 6.92 Å². The molecule has 0 aliphatic heterocycles. The minimum Gasteiger partial charge on any atom is -0.411 e. The van der Waals surface area contributed by atoms with Crippen molar-refractivity contribution in [2.45, 2.75) is 6.92 Å². The Bertz CT molecular complexity index is 948. The largest absolute Gasteiger partial charge is 1.00 e. The van der Waals surface area contributed by atoms with Crippen molar-refractivity contribution in [1.82, 2.24) is 29.1 Å². The van der Waals surface area contributed by atoms with E-state index < -0.39 is 7.12 Å². The molecule has 3 heterocycles. The normalized spacial score (nSPS) is 10.4. The van der Waals surface area contributed by atoms with Crippen LogP contribution in [0.2, 0.25) is 0 Å². The molecule has 3 rings (SSSR count). The molecule has 3 aromatic heterocycles. The SMILES string of the molecule is Brc1nn([B-](n2nc(Br)c(Br)c2Br)n2nc(Br)c(Br)c2Br)c(Br)c1Br.CC#N.[Cu+]. The van der Waals surface area contributed by atoms with Gasteiger partial charge in [0.25, 0.3) is 7.12 Å². The number of rotatable bonds is 3. The fourth-order valence-electron chi connectivity index (χ4n) is 1.87. The second-order valence-electron chi connectivity index (χ2n) is 4.59. The van der Waals surface area contributed by atoms with Crippen LogP contribution in [-0.4, -0.2) is 36.2 Å². The molecule has 0 bridgehead atoms. The number of halogens is 9. The van der Waals surface area contributed by atoms with Gasteiger partial charge >= 0.3 is 17.1 Å². The van der Waals surface area contributed by atoms with E-state index >= 15 is 0 Å². The molecule has 0 aliphatic rings. The smallest absolute Gasteiger partial charge is 0.411 e. The van der Waals surface area contributed by atoms with Crippen LogP contribution in [0.25, 0.3) is 0 Å². The molecule has 1 radical (unpaired) electrons.